The third-order valence-corrected chi connectivity index (χ3v) is 2.28. The molecule has 2 aromatic heterocycles. The van der Waals surface area contributed by atoms with Crippen molar-refractivity contribution in [2.75, 3.05) is 5.73 Å². The van der Waals surface area contributed by atoms with E-state index >= 15 is 0 Å². The number of nitrogens with zero attached hydrogens (tertiary/aromatic N) is 1. The molecule has 4 heteroatoms. The molecule has 0 aliphatic carbocycles. The van der Waals surface area contributed by atoms with Crippen LogP contribution in [0.15, 0.2) is 21.3 Å². The summed E-state index contributed by atoms with van der Waals surface area (Å²) in [6.45, 7) is 3.90. The Morgan fingerprint density at radius 2 is 2.29 bits per heavy atom. The molecule has 0 unspecified atom stereocenters. The SMILES string of the molecule is CCc1c(N)noc1-c1ccoc1C. The van der Waals surface area contributed by atoms with Crippen molar-refractivity contribution >= 4 is 5.82 Å². The van der Waals surface area contributed by atoms with E-state index in [1.807, 2.05) is 19.9 Å². The predicted molar refractivity (Wildman–Crippen MR) is 52.7 cm³/mol. The van der Waals surface area contributed by atoms with Gasteiger partial charge in [-0.25, -0.2) is 0 Å². The quantitative estimate of drug-likeness (QED) is 0.793. The average molecular weight is 192 g/mol. The Bertz CT molecular complexity index is 443. The van der Waals surface area contributed by atoms with Crippen LogP contribution in [0.25, 0.3) is 11.3 Å². The van der Waals surface area contributed by atoms with Crippen LogP contribution in [0.1, 0.15) is 18.2 Å². The molecule has 2 N–H and O–H groups in total. The first-order chi connectivity index (χ1) is 6.74. The van der Waals surface area contributed by atoms with E-state index in [0.29, 0.717) is 5.82 Å². The van der Waals surface area contributed by atoms with Crippen molar-refractivity contribution in [3.63, 3.8) is 0 Å². The standard InChI is InChI=1S/C10H12N2O2/c1-3-7-9(14-12-10(7)11)8-4-5-13-6(8)2/h4-5H,3H2,1-2H3,(H2,11,12). The van der Waals surface area contributed by atoms with Gasteiger partial charge < -0.3 is 14.7 Å². The predicted octanol–water partition coefficient (Wildman–Crippen LogP) is 2.39. The van der Waals surface area contributed by atoms with Crippen molar-refractivity contribution in [2.24, 2.45) is 0 Å². The van der Waals surface area contributed by atoms with E-state index in [2.05, 4.69) is 5.16 Å². The Labute approximate surface area is 81.7 Å². The van der Waals surface area contributed by atoms with Crippen LogP contribution in [0, 0.1) is 6.92 Å². The fraction of sp³-hybridized carbons (Fsp3) is 0.300. The molecule has 0 spiro atoms. The molecule has 0 aliphatic heterocycles. The van der Waals surface area contributed by atoms with Gasteiger partial charge in [0.1, 0.15) is 5.76 Å². The van der Waals surface area contributed by atoms with E-state index < -0.39 is 0 Å². The molecular formula is C10H12N2O2. The Kier molecular flexibility index (Phi) is 2.04. The lowest BCUT2D eigenvalue weighted by Gasteiger charge is -1.96. The van der Waals surface area contributed by atoms with E-state index in [1.54, 1.807) is 6.26 Å². The first-order valence-electron chi connectivity index (χ1n) is 4.52. The summed E-state index contributed by atoms with van der Waals surface area (Å²) >= 11 is 0. The number of nitrogens with two attached hydrogens (primary N) is 1. The second kappa shape index (κ2) is 3.21. The van der Waals surface area contributed by atoms with Gasteiger partial charge in [0, 0.05) is 5.56 Å². The summed E-state index contributed by atoms with van der Waals surface area (Å²) in [5, 5.41) is 3.75. The highest BCUT2D eigenvalue weighted by Gasteiger charge is 2.16. The summed E-state index contributed by atoms with van der Waals surface area (Å²) in [7, 11) is 0. The largest absolute Gasteiger partial charge is 0.469 e. The van der Waals surface area contributed by atoms with Gasteiger partial charge in [0.15, 0.2) is 11.6 Å². The fourth-order valence-electron chi connectivity index (χ4n) is 1.50. The lowest BCUT2D eigenvalue weighted by molar-refractivity contribution is 0.433. The third kappa shape index (κ3) is 1.19. The highest BCUT2D eigenvalue weighted by Crippen LogP contribution is 2.30. The van der Waals surface area contributed by atoms with Crippen LogP contribution in [0.3, 0.4) is 0 Å². The molecule has 2 heterocycles. The molecule has 0 saturated heterocycles. The molecular weight excluding hydrogens is 180 g/mol. The van der Waals surface area contributed by atoms with Crippen LogP contribution < -0.4 is 5.73 Å². The van der Waals surface area contributed by atoms with Gasteiger partial charge in [0.05, 0.1) is 11.8 Å². The van der Waals surface area contributed by atoms with Gasteiger partial charge in [0.25, 0.3) is 0 Å². The van der Waals surface area contributed by atoms with Gasteiger partial charge in [0.2, 0.25) is 0 Å². The topological polar surface area (TPSA) is 65.2 Å². The number of aromatic nitrogens is 1. The number of hydrogen-bond donors (Lipinski definition) is 1. The number of hydrogen-bond acceptors (Lipinski definition) is 4. The molecule has 74 valence electrons. The lowest BCUT2D eigenvalue weighted by Crippen LogP contribution is -1.90. The molecule has 0 fully saturated rings. The van der Waals surface area contributed by atoms with E-state index in [1.165, 1.54) is 0 Å². The van der Waals surface area contributed by atoms with Gasteiger partial charge in [-0.3, -0.25) is 0 Å². The number of anilines is 1. The minimum atomic E-state index is 0.461. The minimum Gasteiger partial charge on any atom is -0.469 e. The van der Waals surface area contributed by atoms with Crippen LogP contribution in [0.4, 0.5) is 5.82 Å². The molecule has 0 atom stereocenters. The Balaban J connectivity index is 2.57. The normalized spacial score (nSPS) is 10.7. The second-order valence-electron chi connectivity index (χ2n) is 3.12. The van der Waals surface area contributed by atoms with Crippen LogP contribution in [0.5, 0.6) is 0 Å². The van der Waals surface area contributed by atoms with Gasteiger partial charge in [-0.1, -0.05) is 12.1 Å². The minimum absolute atomic E-state index is 0.461. The lowest BCUT2D eigenvalue weighted by atomic mass is 10.1. The number of furan rings is 1. The highest BCUT2D eigenvalue weighted by molar-refractivity contribution is 5.67. The second-order valence-corrected chi connectivity index (χ2v) is 3.12. The Hall–Kier alpha value is -1.71. The number of aryl methyl sites for hydroxylation is 1. The zero-order chi connectivity index (χ0) is 10.1. The molecule has 2 rings (SSSR count). The molecule has 4 nitrogen and oxygen atoms in total. The third-order valence-electron chi connectivity index (χ3n) is 2.28. The summed E-state index contributed by atoms with van der Waals surface area (Å²) in [5.74, 6) is 2.00. The molecule has 0 bridgehead atoms. The summed E-state index contributed by atoms with van der Waals surface area (Å²) < 4.78 is 10.4. The zero-order valence-corrected chi connectivity index (χ0v) is 8.20. The Morgan fingerprint density at radius 3 is 2.86 bits per heavy atom. The van der Waals surface area contributed by atoms with Gasteiger partial charge >= 0.3 is 0 Å². The van der Waals surface area contributed by atoms with Crippen LogP contribution in [0.2, 0.25) is 0 Å². The highest BCUT2D eigenvalue weighted by atomic mass is 16.5. The summed E-state index contributed by atoms with van der Waals surface area (Å²) in [4.78, 5) is 0. The summed E-state index contributed by atoms with van der Waals surface area (Å²) in [6.07, 6.45) is 2.43. The maximum Gasteiger partial charge on any atom is 0.175 e. The molecule has 14 heavy (non-hydrogen) atoms. The number of rotatable bonds is 2. The van der Waals surface area contributed by atoms with Crippen molar-refractivity contribution < 1.29 is 8.94 Å². The molecule has 2 aromatic rings. The summed E-state index contributed by atoms with van der Waals surface area (Å²) in [5.41, 5.74) is 7.53. The van der Waals surface area contributed by atoms with Crippen LogP contribution in [-0.2, 0) is 6.42 Å². The smallest absolute Gasteiger partial charge is 0.175 e. The van der Waals surface area contributed by atoms with Crippen molar-refractivity contribution in [2.45, 2.75) is 20.3 Å². The monoisotopic (exact) mass is 192 g/mol. The molecule has 0 aliphatic rings. The van der Waals surface area contributed by atoms with E-state index in [9.17, 15) is 0 Å². The van der Waals surface area contributed by atoms with Crippen molar-refractivity contribution in [3.05, 3.63) is 23.7 Å². The molecule has 0 amide bonds. The van der Waals surface area contributed by atoms with E-state index in [0.717, 1.165) is 29.1 Å². The maximum atomic E-state index is 5.67. The van der Waals surface area contributed by atoms with Crippen molar-refractivity contribution in [1.29, 1.82) is 0 Å². The zero-order valence-electron chi connectivity index (χ0n) is 8.20. The van der Waals surface area contributed by atoms with Crippen LogP contribution in [-0.4, -0.2) is 5.16 Å². The summed E-state index contributed by atoms with van der Waals surface area (Å²) in [6, 6.07) is 1.86. The first-order valence-corrected chi connectivity index (χ1v) is 4.52. The van der Waals surface area contributed by atoms with Gasteiger partial charge in [-0.05, 0) is 19.4 Å². The van der Waals surface area contributed by atoms with Gasteiger partial charge in [-0.2, -0.15) is 0 Å². The van der Waals surface area contributed by atoms with Crippen LogP contribution >= 0.6 is 0 Å². The first kappa shape index (κ1) is 8.87. The Morgan fingerprint density at radius 1 is 1.50 bits per heavy atom. The molecule has 0 saturated carbocycles. The fourth-order valence-corrected chi connectivity index (χ4v) is 1.50. The maximum absolute atomic E-state index is 5.67. The number of nitrogen functional groups attached to an aromatic ring is 1. The van der Waals surface area contributed by atoms with Gasteiger partial charge in [-0.15, -0.1) is 0 Å². The van der Waals surface area contributed by atoms with E-state index in [4.69, 9.17) is 14.7 Å². The van der Waals surface area contributed by atoms with E-state index in [-0.39, 0.29) is 0 Å². The van der Waals surface area contributed by atoms with Crippen molar-refractivity contribution in [3.8, 4) is 11.3 Å². The van der Waals surface area contributed by atoms with Crippen molar-refractivity contribution in [1.82, 2.24) is 5.16 Å². The molecule has 0 aromatic carbocycles. The molecule has 0 radical (unpaired) electrons. The average Bonchev–Trinajstić information content (AvgIpc) is 2.71.